The summed E-state index contributed by atoms with van der Waals surface area (Å²) in [5, 5.41) is 27.4. The summed E-state index contributed by atoms with van der Waals surface area (Å²) < 4.78 is 24.2. The van der Waals surface area contributed by atoms with Crippen LogP contribution in [0, 0.1) is 5.92 Å². The van der Waals surface area contributed by atoms with Crippen molar-refractivity contribution in [1.82, 2.24) is 14.9 Å². The van der Waals surface area contributed by atoms with Crippen LogP contribution in [-0.2, 0) is 19.8 Å². The Morgan fingerprint density at radius 3 is 2.81 bits per heavy atom. The van der Waals surface area contributed by atoms with E-state index >= 15 is 0 Å². The second-order valence-electron chi connectivity index (χ2n) is 6.80. The van der Waals surface area contributed by atoms with E-state index in [4.69, 9.17) is 5.14 Å². The summed E-state index contributed by atoms with van der Waals surface area (Å²) >= 11 is 1.40. The van der Waals surface area contributed by atoms with Crippen LogP contribution in [0.2, 0.25) is 0 Å². The smallest absolute Gasteiger partial charge is 0.353 e. The number of aliphatic hydroxyl groups excluding tert-OH is 1. The SMILES string of the molecule is C[C@H](O)[C@@H]1C(=O)N2C(C(=O)O)=C(S[C@@H]3CN[C@H](CNS(N)(=O)=O)C3)C[C@H]12. The van der Waals surface area contributed by atoms with Gasteiger partial charge in [0.25, 0.3) is 10.2 Å². The van der Waals surface area contributed by atoms with Gasteiger partial charge in [-0.25, -0.2) is 14.7 Å². The van der Waals surface area contributed by atoms with E-state index in [0.29, 0.717) is 24.3 Å². The van der Waals surface area contributed by atoms with Gasteiger partial charge in [0.1, 0.15) is 5.70 Å². The number of amides is 1. The van der Waals surface area contributed by atoms with Crippen molar-refractivity contribution in [3.8, 4) is 0 Å². The van der Waals surface area contributed by atoms with Crippen LogP contribution >= 0.6 is 11.8 Å². The van der Waals surface area contributed by atoms with Crippen molar-refractivity contribution in [3.63, 3.8) is 0 Å². The molecule has 0 radical (unpaired) electrons. The number of carboxylic acid groups (broad SMARTS) is 1. The Hall–Kier alpha value is -1.18. The number of hydrogen-bond acceptors (Lipinski definition) is 7. The van der Waals surface area contributed by atoms with E-state index in [1.807, 2.05) is 0 Å². The van der Waals surface area contributed by atoms with Gasteiger partial charge >= 0.3 is 5.97 Å². The standard InChI is InChI=1S/C14H22N4O6S2/c1-6(19)11-9-3-10(12(14(21)22)18(9)13(11)20)25-8-2-7(16-5-8)4-17-26(15,23)24/h6-9,11,16-17,19H,2-5H2,1H3,(H,21,22)(H2,15,23,24)/t6-,7-,8-,9+,11-/m0/s1. The van der Waals surface area contributed by atoms with Crippen molar-refractivity contribution in [2.45, 2.75) is 43.2 Å². The molecular weight excluding hydrogens is 384 g/mol. The lowest BCUT2D eigenvalue weighted by Crippen LogP contribution is -2.61. The van der Waals surface area contributed by atoms with Crippen LogP contribution in [0.1, 0.15) is 19.8 Å². The molecular formula is C14H22N4O6S2. The topological polar surface area (TPSA) is 162 Å². The number of nitrogens with two attached hydrogens (primary N) is 1. The quantitative estimate of drug-likeness (QED) is 0.308. The summed E-state index contributed by atoms with van der Waals surface area (Å²) in [4.78, 5) is 25.7. The third kappa shape index (κ3) is 3.75. The van der Waals surface area contributed by atoms with Crippen LogP contribution < -0.4 is 15.2 Å². The zero-order valence-corrected chi connectivity index (χ0v) is 15.7. The number of hydrogen-bond donors (Lipinski definition) is 5. The number of aliphatic hydroxyl groups is 1. The number of nitrogens with one attached hydrogen (secondary N) is 2. The van der Waals surface area contributed by atoms with E-state index in [1.54, 1.807) is 0 Å². The maximum absolute atomic E-state index is 12.2. The van der Waals surface area contributed by atoms with Crippen molar-refractivity contribution in [3.05, 3.63) is 10.6 Å². The number of rotatable bonds is 7. The van der Waals surface area contributed by atoms with Gasteiger partial charge in [-0.15, -0.1) is 11.8 Å². The molecule has 2 fully saturated rings. The fraction of sp³-hybridized carbons (Fsp3) is 0.714. The molecule has 26 heavy (non-hydrogen) atoms. The van der Waals surface area contributed by atoms with Gasteiger partial charge < -0.3 is 20.4 Å². The van der Waals surface area contributed by atoms with Gasteiger partial charge in [0, 0.05) is 35.7 Å². The first-order chi connectivity index (χ1) is 12.1. The number of fused-ring (bicyclic) bond motifs is 1. The first-order valence-electron chi connectivity index (χ1n) is 8.23. The highest BCUT2D eigenvalue weighted by molar-refractivity contribution is 8.03. The molecule has 3 aliphatic rings. The van der Waals surface area contributed by atoms with Gasteiger partial charge in [-0.1, -0.05) is 0 Å². The average molecular weight is 406 g/mol. The highest BCUT2D eigenvalue weighted by Gasteiger charge is 2.57. The van der Waals surface area contributed by atoms with E-state index in [9.17, 15) is 28.2 Å². The maximum Gasteiger partial charge on any atom is 0.353 e. The van der Waals surface area contributed by atoms with Crippen LogP contribution in [0.4, 0.5) is 0 Å². The van der Waals surface area contributed by atoms with Gasteiger partial charge in [-0.2, -0.15) is 8.42 Å². The summed E-state index contributed by atoms with van der Waals surface area (Å²) in [6, 6.07) is -0.393. The molecule has 12 heteroatoms. The lowest BCUT2D eigenvalue weighted by Gasteiger charge is -2.44. The van der Waals surface area contributed by atoms with Crippen molar-refractivity contribution in [2.24, 2.45) is 11.1 Å². The molecule has 2 saturated heterocycles. The van der Waals surface area contributed by atoms with E-state index in [-0.39, 0.29) is 35.5 Å². The zero-order valence-electron chi connectivity index (χ0n) is 14.1. The summed E-state index contributed by atoms with van der Waals surface area (Å²) in [6.07, 6.45) is 0.247. The number of carbonyl (C=O) groups is 2. The Morgan fingerprint density at radius 1 is 1.54 bits per heavy atom. The van der Waals surface area contributed by atoms with E-state index < -0.39 is 28.2 Å². The van der Waals surface area contributed by atoms with Crippen LogP contribution in [0.15, 0.2) is 10.6 Å². The fourth-order valence-electron chi connectivity index (χ4n) is 3.78. The molecule has 0 aromatic heterocycles. The van der Waals surface area contributed by atoms with Crippen molar-refractivity contribution >= 4 is 33.8 Å². The Kier molecular flexibility index (Phi) is 5.34. The second-order valence-corrected chi connectivity index (χ2v) is 9.57. The molecule has 1 amide bonds. The highest BCUT2D eigenvalue weighted by atomic mass is 32.2. The molecule has 0 bridgehead atoms. The average Bonchev–Trinajstić information content (AvgIpc) is 3.07. The molecule has 0 spiro atoms. The van der Waals surface area contributed by atoms with Crippen molar-refractivity contribution in [1.29, 1.82) is 0 Å². The third-order valence-electron chi connectivity index (χ3n) is 4.91. The lowest BCUT2D eigenvalue weighted by molar-refractivity contribution is -0.161. The van der Waals surface area contributed by atoms with Crippen LogP contribution in [0.5, 0.6) is 0 Å². The molecule has 3 heterocycles. The van der Waals surface area contributed by atoms with Gasteiger partial charge in [0.2, 0.25) is 5.91 Å². The van der Waals surface area contributed by atoms with E-state index in [0.717, 1.165) is 0 Å². The van der Waals surface area contributed by atoms with Crippen LogP contribution in [0.25, 0.3) is 0 Å². The molecule has 3 aliphatic heterocycles. The number of carboxylic acids is 1. The van der Waals surface area contributed by atoms with Crippen LogP contribution in [0.3, 0.4) is 0 Å². The lowest BCUT2D eigenvalue weighted by atomic mass is 9.83. The first kappa shape index (κ1) is 19.6. The molecule has 0 aromatic rings. The minimum atomic E-state index is -3.75. The fourth-order valence-corrected chi connectivity index (χ4v) is 5.69. The molecule has 0 aliphatic carbocycles. The van der Waals surface area contributed by atoms with E-state index in [1.165, 1.54) is 23.6 Å². The largest absolute Gasteiger partial charge is 0.477 e. The summed E-state index contributed by atoms with van der Waals surface area (Å²) in [6.45, 7) is 2.30. The number of thioether (sulfide) groups is 1. The molecule has 10 nitrogen and oxygen atoms in total. The number of β-lactam (4-membered cyclic amide) rings is 1. The predicted molar refractivity (Wildman–Crippen MR) is 94.0 cm³/mol. The second kappa shape index (κ2) is 7.09. The normalized spacial score (nSPS) is 32.6. The summed E-state index contributed by atoms with van der Waals surface area (Å²) in [5.41, 5.74) is 0.00742. The molecule has 6 N–H and O–H groups in total. The number of nitrogens with zero attached hydrogens (tertiary/aromatic N) is 1. The Labute approximate surface area is 155 Å². The predicted octanol–water partition coefficient (Wildman–Crippen LogP) is -1.85. The van der Waals surface area contributed by atoms with Gasteiger partial charge in [-0.05, 0) is 13.3 Å². The third-order valence-corrected chi connectivity index (χ3v) is 6.82. The van der Waals surface area contributed by atoms with E-state index in [2.05, 4.69) is 10.0 Å². The summed E-state index contributed by atoms with van der Waals surface area (Å²) in [5.74, 6) is -2.06. The highest BCUT2D eigenvalue weighted by Crippen LogP contribution is 2.48. The zero-order chi connectivity index (χ0) is 19.2. The van der Waals surface area contributed by atoms with Gasteiger partial charge in [0.05, 0.1) is 18.1 Å². The number of aliphatic carboxylic acids is 1. The minimum Gasteiger partial charge on any atom is -0.477 e. The first-order valence-corrected chi connectivity index (χ1v) is 10.7. The Bertz CT molecular complexity index is 753. The Morgan fingerprint density at radius 2 is 2.23 bits per heavy atom. The molecule has 3 rings (SSSR count). The van der Waals surface area contributed by atoms with Gasteiger partial charge in [0.15, 0.2) is 0 Å². The number of carbonyl (C=O) groups excluding carboxylic acids is 1. The monoisotopic (exact) mass is 406 g/mol. The molecule has 5 atom stereocenters. The minimum absolute atomic E-state index is 0.00742. The molecule has 0 unspecified atom stereocenters. The molecule has 0 saturated carbocycles. The van der Waals surface area contributed by atoms with Gasteiger partial charge in [-0.3, -0.25) is 4.79 Å². The molecule has 146 valence electrons. The Balaban J connectivity index is 1.65. The maximum atomic E-state index is 12.2. The van der Waals surface area contributed by atoms with Crippen molar-refractivity contribution < 1.29 is 28.2 Å². The molecule has 0 aromatic carbocycles. The van der Waals surface area contributed by atoms with Crippen LogP contribution in [-0.4, -0.2) is 71.9 Å². The van der Waals surface area contributed by atoms with Crippen molar-refractivity contribution in [2.75, 3.05) is 13.1 Å². The summed E-state index contributed by atoms with van der Waals surface area (Å²) in [7, 11) is -3.75.